The number of nitrogens with zero attached hydrogens (tertiary/aromatic N) is 7. The Labute approximate surface area is 200 Å². The molecule has 8 nitrogen and oxygen atoms in total. The molecule has 4 aromatic rings. The van der Waals surface area contributed by atoms with Gasteiger partial charge in [0.15, 0.2) is 0 Å². The monoisotopic (exact) mass is 475 g/mol. The molecule has 1 aliphatic heterocycles. The number of benzene rings is 2. The molecule has 10 heteroatoms. The summed E-state index contributed by atoms with van der Waals surface area (Å²) in [6.07, 6.45) is 4.74. The lowest BCUT2D eigenvalue weighted by atomic mass is 9.85. The molecule has 0 saturated heterocycles. The molecule has 2 unspecified atom stereocenters. The summed E-state index contributed by atoms with van der Waals surface area (Å²) in [4.78, 5) is 10.7. The van der Waals surface area contributed by atoms with Gasteiger partial charge in [0, 0.05) is 42.5 Å². The van der Waals surface area contributed by atoms with Gasteiger partial charge in [-0.05, 0) is 25.1 Å². The average molecular weight is 476 g/mol. The number of nitriles is 1. The van der Waals surface area contributed by atoms with Gasteiger partial charge in [-0.15, -0.1) is 0 Å². The molecule has 0 bridgehead atoms. The van der Waals surface area contributed by atoms with Crippen LogP contribution in [0.2, 0.25) is 0 Å². The first-order chi connectivity index (χ1) is 16.9. The fraction of sp³-hybridized carbons (Fsp3) is 0.280. The molecule has 35 heavy (non-hydrogen) atoms. The van der Waals surface area contributed by atoms with Crippen LogP contribution >= 0.6 is 0 Å². The van der Waals surface area contributed by atoms with E-state index in [1.165, 1.54) is 23.4 Å². The zero-order valence-electron chi connectivity index (χ0n) is 19.0. The van der Waals surface area contributed by atoms with E-state index in [-0.39, 0.29) is 12.1 Å². The third kappa shape index (κ3) is 4.32. The van der Waals surface area contributed by atoms with Crippen molar-refractivity contribution >= 4 is 0 Å². The Morgan fingerprint density at radius 1 is 1.20 bits per heavy atom. The Morgan fingerprint density at radius 2 is 2.06 bits per heavy atom. The van der Waals surface area contributed by atoms with Crippen molar-refractivity contribution in [3.05, 3.63) is 89.9 Å². The summed E-state index contributed by atoms with van der Waals surface area (Å²) < 4.78 is 32.0. The molecule has 1 aliphatic rings. The third-order valence-electron chi connectivity index (χ3n) is 6.63. The maximum absolute atomic E-state index is 14.9. The van der Waals surface area contributed by atoms with Gasteiger partial charge in [0.1, 0.15) is 35.7 Å². The maximum Gasteiger partial charge on any atom is 0.137 e. The molecule has 5 rings (SSSR count). The Morgan fingerprint density at radius 3 is 2.80 bits per heavy atom. The second kappa shape index (κ2) is 9.02. The van der Waals surface area contributed by atoms with Gasteiger partial charge in [0.2, 0.25) is 0 Å². The van der Waals surface area contributed by atoms with Gasteiger partial charge in [0.25, 0.3) is 0 Å². The van der Waals surface area contributed by atoms with Gasteiger partial charge in [-0.2, -0.15) is 10.4 Å². The van der Waals surface area contributed by atoms with Crippen LogP contribution in [0.4, 0.5) is 8.78 Å². The van der Waals surface area contributed by atoms with E-state index in [1.54, 1.807) is 12.1 Å². The molecule has 0 aliphatic carbocycles. The van der Waals surface area contributed by atoms with Crippen LogP contribution in [-0.4, -0.2) is 46.9 Å². The number of aliphatic hydroxyl groups is 1. The maximum atomic E-state index is 14.9. The van der Waals surface area contributed by atoms with E-state index >= 15 is 0 Å². The highest BCUT2D eigenvalue weighted by Gasteiger charge is 2.43. The summed E-state index contributed by atoms with van der Waals surface area (Å²) in [5.74, 6) is -0.740. The number of aromatic nitrogens is 5. The van der Waals surface area contributed by atoms with Crippen LogP contribution in [0.15, 0.2) is 61.3 Å². The highest BCUT2D eigenvalue weighted by Crippen LogP contribution is 2.34. The molecule has 3 heterocycles. The number of rotatable bonds is 6. The number of hydrogen-bond acceptors (Lipinski definition) is 6. The van der Waals surface area contributed by atoms with Gasteiger partial charge in [-0.25, -0.2) is 23.4 Å². The van der Waals surface area contributed by atoms with Crippen LogP contribution in [-0.2, 0) is 25.2 Å². The Bertz CT molecular complexity index is 1400. The highest BCUT2D eigenvalue weighted by atomic mass is 19.1. The van der Waals surface area contributed by atoms with Crippen LogP contribution in [0.25, 0.3) is 11.3 Å². The number of hydrogen-bond donors (Lipinski definition) is 1. The zero-order valence-corrected chi connectivity index (χ0v) is 19.0. The molecule has 1 N–H and O–H groups in total. The van der Waals surface area contributed by atoms with Gasteiger partial charge < -0.3 is 9.67 Å². The van der Waals surface area contributed by atoms with Gasteiger partial charge in [0.05, 0.1) is 30.4 Å². The topological polar surface area (TPSA) is 95.8 Å². The van der Waals surface area contributed by atoms with Crippen LogP contribution in [0, 0.1) is 23.0 Å². The molecule has 2 aromatic heterocycles. The molecule has 0 saturated carbocycles. The van der Waals surface area contributed by atoms with Crippen LogP contribution in [0.3, 0.4) is 0 Å². The Kier molecular flexibility index (Phi) is 5.88. The van der Waals surface area contributed by atoms with Crippen molar-refractivity contribution < 1.29 is 13.9 Å². The predicted molar refractivity (Wildman–Crippen MR) is 123 cm³/mol. The first-order valence-corrected chi connectivity index (χ1v) is 11.2. The van der Waals surface area contributed by atoms with E-state index in [9.17, 15) is 19.1 Å². The van der Waals surface area contributed by atoms with Crippen LogP contribution in [0.5, 0.6) is 0 Å². The van der Waals surface area contributed by atoms with Crippen molar-refractivity contribution in [2.45, 2.75) is 38.2 Å². The van der Waals surface area contributed by atoms with Crippen molar-refractivity contribution in [1.82, 2.24) is 29.2 Å². The molecule has 0 amide bonds. The summed E-state index contributed by atoms with van der Waals surface area (Å²) in [6.45, 7) is 3.38. The highest BCUT2D eigenvalue weighted by molar-refractivity contribution is 5.61. The van der Waals surface area contributed by atoms with Gasteiger partial charge >= 0.3 is 0 Å². The Balaban J connectivity index is 1.46. The smallest absolute Gasteiger partial charge is 0.137 e. The second-order valence-corrected chi connectivity index (χ2v) is 8.72. The van der Waals surface area contributed by atoms with Crippen molar-refractivity contribution in [3.8, 4) is 17.3 Å². The molecular weight excluding hydrogens is 452 g/mol. The zero-order chi connectivity index (χ0) is 24.6. The van der Waals surface area contributed by atoms with E-state index in [2.05, 4.69) is 16.2 Å². The fourth-order valence-electron chi connectivity index (χ4n) is 4.63. The van der Waals surface area contributed by atoms with Crippen LogP contribution in [0.1, 0.15) is 23.9 Å². The summed E-state index contributed by atoms with van der Waals surface area (Å²) in [6, 6.07) is 12.0. The minimum absolute atomic E-state index is 0.00942. The van der Waals surface area contributed by atoms with E-state index in [4.69, 9.17) is 4.98 Å². The van der Waals surface area contributed by atoms with E-state index in [0.717, 1.165) is 29.2 Å². The van der Waals surface area contributed by atoms with Gasteiger partial charge in [-0.3, -0.25) is 4.90 Å². The van der Waals surface area contributed by atoms with E-state index in [0.29, 0.717) is 25.2 Å². The summed E-state index contributed by atoms with van der Waals surface area (Å²) >= 11 is 0. The van der Waals surface area contributed by atoms with Gasteiger partial charge in [-0.1, -0.05) is 18.2 Å². The van der Waals surface area contributed by atoms with Crippen molar-refractivity contribution in [2.24, 2.45) is 0 Å². The van der Waals surface area contributed by atoms with Crippen molar-refractivity contribution in [2.75, 3.05) is 6.54 Å². The summed E-state index contributed by atoms with van der Waals surface area (Å²) in [5.41, 5.74) is 0.438. The lowest BCUT2D eigenvalue weighted by Gasteiger charge is -2.42. The molecule has 0 fully saturated rings. The predicted octanol–water partition coefficient (Wildman–Crippen LogP) is 3.08. The molecule has 0 radical (unpaired) electrons. The quantitative estimate of drug-likeness (QED) is 0.461. The summed E-state index contributed by atoms with van der Waals surface area (Å²) in [5, 5.41) is 25.2. The third-order valence-corrected chi connectivity index (χ3v) is 6.63. The molecular formula is C25H23F2N7O. The molecule has 2 aromatic carbocycles. The molecule has 2 atom stereocenters. The number of halogens is 2. The van der Waals surface area contributed by atoms with Crippen molar-refractivity contribution in [3.63, 3.8) is 0 Å². The van der Waals surface area contributed by atoms with E-state index in [1.807, 2.05) is 34.7 Å². The average Bonchev–Trinajstić information content (AvgIpc) is 3.52. The minimum Gasteiger partial charge on any atom is -0.381 e. The first kappa shape index (κ1) is 22.8. The SMILES string of the molecule is CC(N1CCn2cc(-c3cccc(C#N)c3)nc2C1)C(O)(Cn1cncn1)c1ccc(F)cc1F. The summed E-state index contributed by atoms with van der Waals surface area (Å²) in [7, 11) is 0. The number of imidazole rings is 1. The first-order valence-electron chi connectivity index (χ1n) is 11.2. The normalized spacial score (nSPS) is 16.3. The largest absolute Gasteiger partial charge is 0.381 e. The number of fused-ring (bicyclic) bond motifs is 1. The molecule has 178 valence electrons. The standard InChI is InChI=1S/C25H23F2N7O/c1-17(25(35,14-34-16-29-15-30-34)21-6-5-20(26)10-22(21)27)32-7-8-33-12-23(31-24(33)13-32)19-4-2-3-18(9-19)11-28/h2-6,9-10,12,15-17,35H,7-8,13-14H2,1H3. The van der Waals surface area contributed by atoms with Crippen LogP contribution < -0.4 is 0 Å². The van der Waals surface area contributed by atoms with E-state index < -0.39 is 23.3 Å². The fourth-order valence-corrected chi connectivity index (χ4v) is 4.63. The lowest BCUT2D eigenvalue weighted by Crippen LogP contribution is -2.53. The lowest BCUT2D eigenvalue weighted by molar-refractivity contribution is -0.0709. The second-order valence-electron chi connectivity index (χ2n) is 8.72. The Hall–Kier alpha value is -3.94. The molecule has 0 spiro atoms. The minimum atomic E-state index is -1.72. The van der Waals surface area contributed by atoms with Crippen molar-refractivity contribution in [1.29, 1.82) is 5.26 Å².